The van der Waals surface area contributed by atoms with Crippen molar-refractivity contribution in [1.82, 2.24) is 10.3 Å². The summed E-state index contributed by atoms with van der Waals surface area (Å²) in [7, 11) is 2.85. The van der Waals surface area contributed by atoms with Crippen LogP contribution >= 0.6 is 0 Å². The van der Waals surface area contributed by atoms with E-state index in [4.69, 9.17) is 4.84 Å². The molecular weight excluding hydrogens is 248 g/mol. The van der Waals surface area contributed by atoms with Gasteiger partial charge < -0.3 is 15.0 Å². The summed E-state index contributed by atoms with van der Waals surface area (Å²) in [5, 5.41) is 10.0. The van der Waals surface area contributed by atoms with Gasteiger partial charge in [-0.1, -0.05) is 10.3 Å². The van der Waals surface area contributed by atoms with Crippen LogP contribution in [0.25, 0.3) is 0 Å². The molecular formula is C12H16N4O3. The van der Waals surface area contributed by atoms with E-state index in [1.54, 1.807) is 19.9 Å². The standard InChI is InChI=1S/C12H16N4O3/c1-8(2)15-19-10-5-6-14-7-9(10)11(16-18-4)12(17)13-3/h5-7H,1-4H3,(H,13,17)/b16-11-. The molecule has 0 aliphatic rings. The summed E-state index contributed by atoms with van der Waals surface area (Å²) >= 11 is 0. The van der Waals surface area contributed by atoms with Gasteiger partial charge in [-0.05, 0) is 13.8 Å². The second-order valence-electron chi connectivity index (χ2n) is 3.70. The van der Waals surface area contributed by atoms with E-state index in [0.29, 0.717) is 11.3 Å². The Morgan fingerprint density at radius 2 is 2.11 bits per heavy atom. The number of likely N-dealkylation sites (N-methyl/N-ethyl adjacent to an activating group) is 1. The van der Waals surface area contributed by atoms with Gasteiger partial charge in [0.2, 0.25) is 0 Å². The van der Waals surface area contributed by atoms with Crippen molar-refractivity contribution in [2.24, 2.45) is 10.3 Å². The number of hydrogen-bond acceptors (Lipinski definition) is 6. The first-order valence-corrected chi connectivity index (χ1v) is 5.56. The number of amides is 1. The van der Waals surface area contributed by atoms with Crippen LogP contribution in [0.5, 0.6) is 5.75 Å². The molecule has 0 fully saturated rings. The molecule has 1 heterocycles. The van der Waals surface area contributed by atoms with Crippen LogP contribution in [0.4, 0.5) is 0 Å². The highest BCUT2D eigenvalue weighted by Crippen LogP contribution is 2.18. The predicted octanol–water partition coefficient (Wildman–Crippen LogP) is 0.953. The molecule has 0 radical (unpaired) electrons. The van der Waals surface area contributed by atoms with E-state index in [2.05, 4.69) is 25.4 Å². The van der Waals surface area contributed by atoms with E-state index in [-0.39, 0.29) is 5.71 Å². The number of carbonyl (C=O) groups excluding carboxylic acids is 1. The van der Waals surface area contributed by atoms with Crippen molar-refractivity contribution in [3.05, 3.63) is 24.0 Å². The summed E-state index contributed by atoms with van der Waals surface area (Å²) in [4.78, 5) is 25.6. The fraction of sp³-hybridized carbons (Fsp3) is 0.333. The molecule has 19 heavy (non-hydrogen) atoms. The van der Waals surface area contributed by atoms with Crippen molar-refractivity contribution in [1.29, 1.82) is 0 Å². The molecule has 0 saturated carbocycles. The average molecular weight is 264 g/mol. The maximum atomic E-state index is 11.8. The Labute approximate surface area is 111 Å². The smallest absolute Gasteiger partial charge is 0.273 e. The van der Waals surface area contributed by atoms with Crippen LogP contribution in [0, 0.1) is 0 Å². The first-order chi connectivity index (χ1) is 9.10. The van der Waals surface area contributed by atoms with E-state index in [0.717, 1.165) is 5.71 Å². The fourth-order valence-corrected chi connectivity index (χ4v) is 1.20. The maximum Gasteiger partial charge on any atom is 0.273 e. The van der Waals surface area contributed by atoms with Gasteiger partial charge in [0.25, 0.3) is 5.91 Å². The minimum atomic E-state index is -0.406. The van der Waals surface area contributed by atoms with Crippen molar-refractivity contribution in [2.45, 2.75) is 13.8 Å². The molecule has 1 aromatic rings. The predicted molar refractivity (Wildman–Crippen MR) is 71.3 cm³/mol. The monoisotopic (exact) mass is 264 g/mol. The van der Waals surface area contributed by atoms with Crippen LogP contribution < -0.4 is 10.2 Å². The Kier molecular flexibility index (Phi) is 5.46. The molecule has 1 amide bonds. The van der Waals surface area contributed by atoms with Crippen molar-refractivity contribution in [3.8, 4) is 5.75 Å². The molecule has 1 N–H and O–H groups in total. The Balaban J connectivity index is 3.20. The number of rotatable bonds is 5. The topological polar surface area (TPSA) is 85.2 Å². The Morgan fingerprint density at radius 1 is 1.37 bits per heavy atom. The first kappa shape index (κ1) is 14.6. The Bertz CT molecular complexity index is 507. The quantitative estimate of drug-likeness (QED) is 0.634. The van der Waals surface area contributed by atoms with Gasteiger partial charge in [0.1, 0.15) is 7.11 Å². The SMILES string of the molecule is CNC(=O)/C(=N\OC)c1cnccc1ON=C(C)C. The molecule has 0 saturated heterocycles. The Hall–Kier alpha value is -2.44. The third-order valence-corrected chi connectivity index (χ3v) is 1.99. The minimum Gasteiger partial charge on any atom is -0.398 e. The first-order valence-electron chi connectivity index (χ1n) is 5.56. The highest BCUT2D eigenvalue weighted by Gasteiger charge is 2.19. The van der Waals surface area contributed by atoms with Crippen molar-refractivity contribution in [2.75, 3.05) is 14.2 Å². The van der Waals surface area contributed by atoms with Crippen LogP contribution in [-0.4, -0.2) is 36.5 Å². The van der Waals surface area contributed by atoms with E-state index in [9.17, 15) is 4.79 Å². The molecule has 7 heteroatoms. The number of pyridine rings is 1. The molecule has 0 aliphatic carbocycles. The molecule has 0 aromatic carbocycles. The molecule has 1 rings (SSSR count). The lowest BCUT2D eigenvalue weighted by Crippen LogP contribution is -2.29. The van der Waals surface area contributed by atoms with Crippen LogP contribution in [0.2, 0.25) is 0 Å². The van der Waals surface area contributed by atoms with E-state index < -0.39 is 5.91 Å². The zero-order chi connectivity index (χ0) is 14.3. The van der Waals surface area contributed by atoms with Gasteiger partial charge in [0, 0.05) is 25.5 Å². The third kappa shape index (κ3) is 4.06. The molecule has 0 atom stereocenters. The number of oxime groups is 2. The Morgan fingerprint density at radius 3 is 2.68 bits per heavy atom. The normalized spacial score (nSPS) is 10.6. The van der Waals surface area contributed by atoms with Crippen LogP contribution in [0.15, 0.2) is 28.8 Å². The van der Waals surface area contributed by atoms with Crippen molar-refractivity contribution < 1.29 is 14.5 Å². The van der Waals surface area contributed by atoms with Gasteiger partial charge in [-0.2, -0.15) is 0 Å². The minimum absolute atomic E-state index is 0.0667. The number of nitrogens with one attached hydrogen (secondary N) is 1. The van der Waals surface area contributed by atoms with Crippen LogP contribution in [0.1, 0.15) is 19.4 Å². The molecule has 0 spiro atoms. The molecule has 0 bridgehead atoms. The highest BCUT2D eigenvalue weighted by molar-refractivity contribution is 6.45. The molecule has 1 aromatic heterocycles. The molecule has 102 valence electrons. The third-order valence-electron chi connectivity index (χ3n) is 1.99. The van der Waals surface area contributed by atoms with Gasteiger partial charge in [-0.15, -0.1) is 0 Å². The summed E-state index contributed by atoms with van der Waals surface area (Å²) in [6, 6.07) is 1.59. The van der Waals surface area contributed by atoms with Crippen molar-refractivity contribution >= 4 is 17.3 Å². The number of nitrogens with zero attached hydrogens (tertiary/aromatic N) is 3. The van der Waals surface area contributed by atoms with E-state index in [1.807, 2.05) is 0 Å². The largest absolute Gasteiger partial charge is 0.398 e. The summed E-state index contributed by atoms with van der Waals surface area (Å²) in [5.74, 6) is -0.0347. The maximum absolute atomic E-state index is 11.8. The summed E-state index contributed by atoms with van der Waals surface area (Å²) in [6.07, 6.45) is 3.00. The highest BCUT2D eigenvalue weighted by atomic mass is 16.6. The molecule has 0 unspecified atom stereocenters. The molecule has 0 aliphatic heterocycles. The van der Waals surface area contributed by atoms with Gasteiger partial charge in [-0.3, -0.25) is 9.78 Å². The lowest BCUT2D eigenvalue weighted by Gasteiger charge is -2.08. The zero-order valence-electron chi connectivity index (χ0n) is 11.3. The van der Waals surface area contributed by atoms with E-state index >= 15 is 0 Å². The van der Waals surface area contributed by atoms with Gasteiger partial charge in [0.05, 0.1) is 11.3 Å². The summed E-state index contributed by atoms with van der Waals surface area (Å²) in [5.41, 5.74) is 1.21. The lowest BCUT2D eigenvalue weighted by molar-refractivity contribution is -0.114. The number of aromatic nitrogens is 1. The second-order valence-corrected chi connectivity index (χ2v) is 3.70. The average Bonchev–Trinajstić information content (AvgIpc) is 2.42. The van der Waals surface area contributed by atoms with Gasteiger partial charge >= 0.3 is 0 Å². The second kappa shape index (κ2) is 7.10. The summed E-state index contributed by atoms with van der Waals surface area (Å²) in [6.45, 7) is 3.59. The van der Waals surface area contributed by atoms with Gasteiger partial charge in [-0.25, -0.2) is 0 Å². The fourth-order valence-electron chi connectivity index (χ4n) is 1.20. The van der Waals surface area contributed by atoms with Crippen LogP contribution in [0.3, 0.4) is 0 Å². The molecule has 7 nitrogen and oxygen atoms in total. The number of hydrogen-bond donors (Lipinski definition) is 1. The lowest BCUT2D eigenvalue weighted by atomic mass is 10.1. The van der Waals surface area contributed by atoms with Gasteiger partial charge in [0.15, 0.2) is 11.5 Å². The zero-order valence-corrected chi connectivity index (χ0v) is 11.3. The number of carbonyl (C=O) groups is 1. The summed E-state index contributed by atoms with van der Waals surface area (Å²) < 4.78 is 0. The van der Waals surface area contributed by atoms with E-state index in [1.165, 1.54) is 26.6 Å². The van der Waals surface area contributed by atoms with Crippen LogP contribution in [-0.2, 0) is 9.63 Å². The van der Waals surface area contributed by atoms with Crippen molar-refractivity contribution in [3.63, 3.8) is 0 Å².